The Balaban J connectivity index is 2.16. The summed E-state index contributed by atoms with van der Waals surface area (Å²) < 4.78 is 4.90. The molecule has 1 aliphatic rings. The SMILES string of the molecule is CCOC(=O)c1sc(N2CC(O)C(O)C2)cc1N. The van der Waals surface area contributed by atoms with Crippen LogP contribution in [0.15, 0.2) is 6.07 Å². The van der Waals surface area contributed by atoms with E-state index in [0.717, 1.165) is 5.00 Å². The molecule has 2 atom stereocenters. The second-order valence-corrected chi connectivity index (χ2v) is 5.16. The number of carbonyl (C=O) groups is 1. The molecule has 2 heterocycles. The highest BCUT2D eigenvalue weighted by Crippen LogP contribution is 2.34. The Hall–Kier alpha value is -1.31. The number of ether oxygens (including phenoxy) is 1. The molecule has 0 spiro atoms. The number of nitrogens with two attached hydrogens (primary N) is 1. The highest BCUT2D eigenvalue weighted by atomic mass is 32.1. The maximum atomic E-state index is 11.6. The summed E-state index contributed by atoms with van der Waals surface area (Å²) in [5.74, 6) is -0.438. The zero-order valence-electron chi connectivity index (χ0n) is 10.00. The molecule has 6 nitrogen and oxygen atoms in total. The Morgan fingerprint density at radius 1 is 1.56 bits per heavy atom. The fourth-order valence-corrected chi connectivity index (χ4v) is 2.85. The number of aliphatic hydroxyl groups excluding tert-OH is 2. The number of β-amino-alcohol motifs (C(OH)–C–C–N with tert-alkyl or cyclic N) is 2. The van der Waals surface area contributed by atoms with Gasteiger partial charge in [0.15, 0.2) is 0 Å². The molecule has 18 heavy (non-hydrogen) atoms. The van der Waals surface area contributed by atoms with Crippen molar-refractivity contribution in [3.05, 3.63) is 10.9 Å². The molecule has 2 unspecified atom stereocenters. The molecule has 1 saturated heterocycles. The van der Waals surface area contributed by atoms with Gasteiger partial charge in [-0.05, 0) is 13.0 Å². The lowest BCUT2D eigenvalue weighted by Crippen LogP contribution is -2.22. The summed E-state index contributed by atoms with van der Waals surface area (Å²) in [5.41, 5.74) is 6.13. The van der Waals surface area contributed by atoms with Crippen LogP contribution >= 0.6 is 11.3 Å². The minimum atomic E-state index is -0.764. The van der Waals surface area contributed by atoms with Gasteiger partial charge in [0.25, 0.3) is 0 Å². The fourth-order valence-electron chi connectivity index (χ4n) is 1.85. The lowest BCUT2D eigenvalue weighted by atomic mass is 10.3. The third-order valence-corrected chi connectivity index (χ3v) is 3.97. The van der Waals surface area contributed by atoms with E-state index in [0.29, 0.717) is 30.3 Å². The maximum Gasteiger partial charge on any atom is 0.350 e. The predicted octanol–water partition coefficient (Wildman–Crippen LogP) is 0.0488. The number of nitrogens with zero attached hydrogens (tertiary/aromatic N) is 1. The van der Waals surface area contributed by atoms with Crippen molar-refractivity contribution in [1.82, 2.24) is 0 Å². The Morgan fingerprint density at radius 2 is 2.17 bits per heavy atom. The molecule has 1 aromatic rings. The highest BCUT2D eigenvalue weighted by molar-refractivity contribution is 7.18. The lowest BCUT2D eigenvalue weighted by Gasteiger charge is -2.14. The van der Waals surface area contributed by atoms with E-state index >= 15 is 0 Å². The van der Waals surface area contributed by atoms with Crippen LogP contribution in [-0.2, 0) is 4.74 Å². The first-order chi connectivity index (χ1) is 8.52. The van der Waals surface area contributed by atoms with Gasteiger partial charge in [-0.2, -0.15) is 0 Å². The van der Waals surface area contributed by atoms with Crippen molar-refractivity contribution in [3.8, 4) is 0 Å². The molecular formula is C11H16N2O4S. The zero-order chi connectivity index (χ0) is 13.3. The molecule has 0 aromatic carbocycles. The Bertz CT molecular complexity index is 438. The first kappa shape index (κ1) is 13.1. The molecule has 7 heteroatoms. The van der Waals surface area contributed by atoms with E-state index in [-0.39, 0.29) is 0 Å². The van der Waals surface area contributed by atoms with E-state index < -0.39 is 18.2 Å². The molecule has 0 radical (unpaired) electrons. The second kappa shape index (κ2) is 5.13. The number of esters is 1. The first-order valence-corrected chi connectivity index (χ1v) is 6.52. The van der Waals surface area contributed by atoms with Crippen LogP contribution in [0, 0.1) is 0 Å². The van der Waals surface area contributed by atoms with Crippen LogP contribution in [0.4, 0.5) is 10.7 Å². The molecule has 1 aliphatic heterocycles. The number of carbonyl (C=O) groups excluding carboxylic acids is 1. The van der Waals surface area contributed by atoms with Crippen LogP contribution in [-0.4, -0.2) is 48.1 Å². The summed E-state index contributed by atoms with van der Waals surface area (Å²) in [4.78, 5) is 13.8. The topological polar surface area (TPSA) is 96.0 Å². The number of nitrogen functional groups attached to an aromatic ring is 1. The minimum absolute atomic E-state index is 0.298. The van der Waals surface area contributed by atoms with Gasteiger partial charge in [0, 0.05) is 13.1 Å². The summed E-state index contributed by atoms with van der Waals surface area (Å²) in [5, 5.41) is 19.7. The van der Waals surface area contributed by atoms with Gasteiger partial charge in [-0.1, -0.05) is 0 Å². The lowest BCUT2D eigenvalue weighted by molar-refractivity contribution is 0.0533. The normalized spacial score (nSPS) is 23.4. The van der Waals surface area contributed by atoms with Crippen LogP contribution in [0.1, 0.15) is 16.6 Å². The van der Waals surface area contributed by atoms with E-state index in [1.807, 2.05) is 0 Å². The first-order valence-electron chi connectivity index (χ1n) is 5.70. The molecular weight excluding hydrogens is 256 g/mol. The monoisotopic (exact) mass is 272 g/mol. The molecule has 0 saturated carbocycles. The van der Waals surface area contributed by atoms with Crippen LogP contribution in [0.3, 0.4) is 0 Å². The largest absolute Gasteiger partial charge is 0.462 e. The summed E-state index contributed by atoms with van der Waals surface area (Å²) >= 11 is 1.21. The van der Waals surface area contributed by atoms with E-state index in [1.165, 1.54) is 11.3 Å². The fraction of sp³-hybridized carbons (Fsp3) is 0.545. The Morgan fingerprint density at radius 3 is 2.72 bits per heavy atom. The third kappa shape index (κ3) is 2.43. The molecule has 0 aliphatic carbocycles. The third-order valence-electron chi connectivity index (χ3n) is 2.78. The number of aliphatic hydroxyl groups is 2. The summed E-state index contributed by atoms with van der Waals surface area (Å²) in [6.45, 7) is 2.70. The number of anilines is 2. The van der Waals surface area contributed by atoms with Gasteiger partial charge >= 0.3 is 5.97 Å². The molecule has 0 amide bonds. The number of hydrogen-bond acceptors (Lipinski definition) is 7. The van der Waals surface area contributed by atoms with Crippen LogP contribution in [0.5, 0.6) is 0 Å². The molecule has 1 fully saturated rings. The van der Waals surface area contributed by atoms with Crippen LogP contribution in [0.2, 0.25) is 0 Å². The van der Waals surface area contributed by atoms with Crippen molar-refractivity contribution in [3.63, 3.8) is 0 Å². The van der Waals surface area contributed by atoms with Gasteiger partial charge in [0.05, 0.1) is 29.5 Å². The van der Waals surface area contributed by atoms with Gasteiger partial charge < -0.3 is 25.6 Å². The van der Waals surface area contributed by atoms with Gasteiger partial charge in [0.2, 0.25) is 0 Å². The van der Waals surface area contributed by atoms with Crippen LogP contribution in [0.25, 0.3) is 0 Å². The second-order valence-electron chi connectivity index (χ2n) is 4.13. The number of hydrogen-bond donors (Lipinski definition) is 3. The smallest absolute Gasteiger partial charge is 0.350 e. The zero-order valence-corrected chi connectivity index (χ0v) is 10.8. The summed E-state index contributed by atoms with van der Waals surface area (Å²) in [6, 6.07) is 1.67. The van der Waals surface area contributed by atoms with Crippen molar-refractivity contribution in [2.45, 2.75) is 19.1 Å². The standard InChI is InChI=1S/C11H16N2O4S/c1-2-17-11(16)10-6(12)3-9(18-10)13-4-7(14)8(15)5-13/h3,7-8,14-15H,2,4-5,12H2,1H3. The van der Waals surface area contributed by atoms with Gasteiger partial charge in [-0.25, -0.2) is 4.79 Å². The minimum Gasteiger partial charge on any atom is -0.462 e. The van der Waals surface area contributed by atoms with Gasteiger partial charge in [0.1, 0.15) is 4.88 Å². The molecule has 2 rings (SSSR count). The molecule has 1 aromatic heterocycles. The quantitative estimate of drug-likeness (QED) is 0.673. The average molecular weight is 272 g/mol. The van der Waals surface area contributed by atoms with Crippen molar-refractivity contribution >= 4 is 28.0 Å². The Kier molecular flexibility index (Phi) is 3.74. The predicted molar refractivity (Wildman–Crippen MR) is 68.9 cm³/mol. The average Bonchev–Trinajstić information content (AvgIpc) is 2.84. The van der Waals surface area contributed by atoms with Crippen molar-refractivity contribution in [2.75, 3.05) is 30.3 Å². The van der Waals surface area contributed by atoms with Crippen molar-refractivity contribution in [1.29, 1.82) is 0 Å². The molecule has 100 valence electrons. The van der Waals surface area contributed by atoms with Crippen molar-refractivity contribution in [2.24, 2.45) is 0 Å². The van der Waals surface area contributed by atoms with E-state index in [4.69, 9.17) is 10.5 Å². The van der Waals surface area contributed by atoms with Crippen LogP contribution < -0.4 is 10.6 Å². The van der Waals surface area contributed by atoms with E-state index in [1.54, 1.807) is 17.9 Å². The maximum absolute atomic E-state index is 11.6. The summed E-state index contributed by atoms with van der Waals surface area (Å²) in [6.07, 6.45) is -1.53. The molecule has 4 N–H and O–H groups in total. The van der Waals surface area contributed by atoms with E-state index in [2.05, 4.69) is 0 Å². The van der Waals surface area contributed by atoms with Gasteiger partial charge in [-0.15, -0.1) is 11.3 Å². The number of rotatable bonds is 3. The van der Waals surface area contributed by atoms with Gasteiger partial charge in [-0.3, -0.25) is 0 Å². The Labute approximate surface area is 109 Å². The number of thiophene rings is 1. The highest BCUT2D eigenvalue weighted by Gasteiger charge is 2.31. The van der Waals surface area contributed by atoms with E-state index in [9.17, 15) is 15.0 Å². The molecule has 0 bridgehead atoms. The van der Waals surface area contributed by atoms with Crippen molar-refractivity contribution < 1.29 is 19.7 Å². The summed E-state index contributed by atoms with van der Waals surface area (Å²) in [7, 11) is 0.